The Labute approximate surface area is 161 Å². The highest BCUT2D eigenvalue weighted by molar-refractivity contribution is 5.70. The molecule has 26 heavy (non-hydrogen) atoms. The van der Waals surface area contributed by atoms with Crippen LogP contribution in [-0.4, -0.2) is 33.5 Å². The molecule has 0 spiro atoms. The minimum Gasteiger partial charge on any atom is -0.481 e. The third kappa shape index (κ3) is 14.5. The number of aliphatic hydroxyl groups is 2. The molecule has 0 aromatic rings. The lowest BCUT2D eigenvalue weighted by molar-refractivity contribution is -0.146. The zero-order valence-electron chi connectivity index (χ0n) is 17.3. The lowest BCUT2D eigenvalue weighted by atomic mass is 9.90. The first-order valence-electron chi connectivity index (χ1n) is 11.1. The third-order valence-corrected chi connectivity index (χ3v) is 5.30. The fourth-order valence-electron chi connectivity index (χ4n) is 3.52. The highest BCUT2D eigenvalue weighted by Crippen LogP contribution is 2.20. The Morgan fingerprint density at radius 1 is 0.692 bits per heavy atom. The second-order valence-electron chi connectivity index (χ2n) is 7.87. The number of hydrogen-bond donors (Lipinski definition) is 3. The van der Waals surface area contributed by atoms with Crippen LogP contribution in [0.1, 0.15) is 117 Å². The van der Waals surface area contributed by atoms with Crippen LogP contribution in [0.25, 0.3) is 0 Å². The molecule has 0 aromatic carbocycles. The SMILES string of the molecule is CCCCCCCCCCC[C@H](O)C[C@H](O)[C@H](CCCCCC)C(=O)O. The van der Waals surface area contributed by atoms with E-state index in [0.29, 0.717) is 12.8 Å². The van der Waals surface area contributed by atoms with E-state index in [1.54, 1.807) is 0 Å². The minimum absolute atomic E-state index is 0.182. The average molecular weight is 373 g/mol. The third-order valence-electron chi connectivity index (χ3n) is 5.30. The molecule has 0 fully saturated rings. The van der Waals surface area contributed by atoms with Gasteiger partial charge in [-0.3, -0.25) is 4.79 Å². The van der Waals surface area contributed by atoms with Crippen molar-refractivity contribution in [1.82, 2.24) is 0 Å². The maximum Gasteiger partial charge on any atom is 0.309 e. The van der Waals surface area contributed by atoms with Gasteiger partial charge >= 0.3 is 5.97 Å². The van der Waals surface area contributed by atoms with Crippen LogP contribution < -0.4 is 0 Å². The molecule has 0 saturated carbocycles. The predicted molar refractivity (Wildman–Crippen MR) is 108 cm³/mol. The summed E-state index contributed by atoms with van der Waals surface area (Å²) in [5, 5.41) is 29.6. The van der Waals surface area contributed by atoms with E-state index in [1.165, 1.54) is 44.9 Å². The first-order valence-corrected chi connectivity index (χ1v) is 11.1. The molecule has 0 amide bonds. The summed E-state index contributed by atoms with van der Waals surface area (Å²) in [6.07, 6.45) is 15.0. The van der Waals surface area contributed by atoms with E-state index in [1.807, 2.05) is 0 Å². The molecule has 0 saturated heterocycles. The van der Waals surface area contributed by atoms with Crippen molar-refractivity contribution in [3.8, 4) is 0 Å². The largest absolute Gasteiger partial charge is 0.481 e. The quantitative estimate of drug-likeness (QED) is 0.254. The van der Waals surface area contributed by atoms with Gasteiger partial charge in [0.05, 0.1) is 18.1 Å². The van der Waals surface area contributed by atoms with E-state index in [2.05, 4.69) is 13.8 Å². The lowest BCUT2D eigenvalue weighted by Gasteiger charge is -2.21. The van der Waals surface area contributed by atoms with Gasteiger partial charge in [-0.25, -0.2) is 0 Å². The molecule has 0 aromatic heterocycles. The second-order valence-corrected chi connectivity index (χ2v) is 7.87. The van der Waals surface area contributed by atoms with Crippen LogP contribution in [0.5, 0.6) is 0 Å². The van der Waals surface area contributed by atoms with Gasteiger partial charge in [0.15, 0.2) is 0 Å². The Morgan fingerprint density at radius 2 is 1.12 bits per heavy atom. The summed E-state index contributed by atoms with van der Waals surface area (Å²) in [5.74, 6) is -1.69. The smallest absolute Gasteiger partial charge is 0.309 e. The van der Waals surface area contributed by atoms with Crippen molar-refractivity contribution < 1.29 is 20.1 Å². The summed E-state index contributed by atoms with van der Waals surface area (Å²) in [4.78, 5) is 11.4. The molecule has 4 heteroatoms. The molecule has 0 aliphatic rings. The number of hydrogen-bond acceptors (Lipinski definition) is 3. The molecule has 0 bridgehead atoms. The van der Waals surface area contributed by atoms with Gasteiger partial charge in [0.2, 0.25) is 0 Å². The molecule has 3 atom stereocenters. The van der Waals surface area contributed by atoms with Crippen LogP contribution in [0.4, 0.5) is 0 Å². The monoisotopic (exact) mass is 372 g/mol. The zero-order valence-corrected chi connectivity index (χ0v) is 17.3. The van der Waals surface area contributed by atoms with Gasteiger partial charge in [-0.1, -0.05) is 97.3 Å². The van der Waals surface area contributed by atoms with Crippen LogP contribution in [0.3, 0.4) is 0 Å². The Hall–Kier alpha value is -0.610. The lowest BCUT2D eigenvalue weighted by Crippen LogP contribution is -2.31. The van der Waals surface area contributed by atoms with Crippen LogP contribution in [0.15, 0.2) is 0 Å². The molecule has 4 nitrogen and oxygen atoms in total. The van der Waals surface area contributed by atoms with E-state index in [0.717, 1.165) is 38.5 Å². The zero-order chi connectivity index (χ0) is 19.6. The number of aliphatic hydroxyl groups excluding tert-OH is 2. The molecule has 3 N–H and O–H groups in total. The van der Waals surface area contributed by atoms with Crippen LogP contribution in [0.2, 0.25) is 0 Å². The van der Waals surface area contributed by atoms with Gasteiger partial charge in [0.25, 0.3) is 0 Å². The van der Waals surface area contributed by atoms with Gasteiger partial charge in [-0.15, -0.1) is 0 Å². The topological polar surface area (TPSA) is 77.8 Å². The number of unbranched alkanes of at least 4 members (excludes halogenated alkanes) is 11. The Morgan fingerprint density at radius 3 is 1.62 bits per heavy atom. The summed E-state index contributed by atoms with van der Waals surface area (Å²) >= 11 is 0. The van der Waals surface area contributed by atoms with Gasteiger partial charge in [0, 0.05) is 6.42 Å². The van der Waals surface area contributed by atoms with E-state index < -0.39 is 24.1 Å². The number of carboxylic acid groups (broad SMARTS) is 1. The molecule has 0 aliphatic heterocycles. The highest BCUT2D eigenvalue weighted by Gasteiger charge is 2.27. The highest BCUT2D eigenvalue weighted by atomic mass is 16.4. The van der Waals surface area contributed by atoms with E-state index >= 15 is 0 Å². The van der Waals surface area contributed by atoms with Gasteiger partial charge in [-0.2, -0.15) is 0 Å². The van der Waals surface area contributed by atoms with Gasteiger partial charge in [0.1, 0.15) is 0 Å². The fourth-order valence-corrected chi connectivity index (χ4v) is 3.52. The van der Waals surface area contributed by atoms with Crippen molar-refractivity contribution in [3.05, 3.63) is 0 Å². The molecule has 0 aliphatic carbocycles. The van der Waals surface area contributed by atoms with Crippen LogP contribution in [0, 0.1) is 5.92 Å². The molecular weight excluding hydrogens is 328 g/mol. The molecule has 0 rings (SSSR count). The minimum atomic E-state index is -0.942. The number of carboxylic acids is 1. The van der Waals surface area contributed by atoms with Gasteiger partial charge in [-0.05, 0) is 12.8 Å². The number of aliphatic carboxylic acids is 1. The van der Waals surface area contributed by atoms with Crippen molar-refractivity contribution in [2.24, 2.45) is 5.92 Å². The standard InChI is InChI=1S/C22H44O4/c1-3-5-7-9-10-11-12-13-14-16-19(23)18-21(24)20(22(25)26)17-15-8-6-4-2/h19-21,23-24H,3-18H2,1-2H3,(H,25,26)/t19-,20-,21-/m0/s1. The molecule has 0 heterocycles. The maximum atomic E-state index is 11.4. The summed E-state index contributed by atoms with van der Waals surface area (Å²) in [6, 6.07) is 0. The Kier molecular flexibility index (Phi) is 17.4. The first kappa shape index (κ1) is 25.4. The summed E-state index contributed by atoms with van der Waals surface area (Å²) < 4.78 is 0. The van der Waals surface area contributed by atoms with Crippen LogP contribution in [-0.2, 0) is 4.79 Å². The second kappa shape index (κ2) is 17.8. The van der Waals surface area contributed by atoms with E-state index in [4.69, 9.17) is 0 Å². The van der Waals surface area contributed by atoms with Crippen molar-refractivity contribution >= 4 is 5.97 Å². The number of carbonyl (C=O) groups is 1. The molecule has 0 radical (unpaired) electrons. The van der Waals surface area contributed by atoms with Crippen molar-refractivity contribution in [1.29, 1.82) is 0 Å². The van der Waals surface area contributed by atoms with E-state index in [9.17, 15) is 20.1 Å². The summed E-state index contributed by atoms with van der Waals surface area (Å²) in [5.41, 5.74) is 0. The summed E-state index contributed by atoms with van der Waals surface area (Å²) in [7, 11) is 0. The van der Waals surface area contributed by atoms with Crippen molar-refractivity contribution in [3.63, 3.8) is 0 Å². The summed E-state index contributed by atoms with van der Waals surface area (Å²) in [6.45, 7) is 4.35. The molecular formula is C22H44O4. The first-order chi connectivity index (χ1) is 12.5. The molecule has 0 unspecified atom stereocenters. The maximum absolute atomic E-state index is 11.4. The van der Waals surface area contributed by atoms with E-state index in [-0.39, 0.29) is 6.42 Å². The molecule has 156 valence electrons. The Bertz CT molecular complexity index is 319. The van der Waals surface area contributed by atoms with Crippen LogP contribution >= 0.6 is 0 Å². The number of rotatable bonds is 19. The fraction of sp³-hybridized carbons (Fsp3) is 0.955. The predicted octanol–water partition coefficient (Wildman–Crippen LogP) is 5.69. The average Bonchev–Trinajstić information content (AvgIpc) is 2.59. The van der Waals surface area contributed by atoms with Gasteiger partial charge < -0.3 is 15.3 Å². The Balaban J connectivity index is 3.80. The normalized spacial score (nSPS) is 14.9. The van der Waals surface area contributed by atoms with Crippen molar-refractivity contribution in [2.45, 2.75) is 129 Å². The van der Waals surface area contributed by atoms with Crippen molar-refractivity contribution in [2.75, 3.05) is 0 Å².